The summed E-state index contributed by atoms with van der Waals surface area (Å²) in [6.07, 6.45) is 3.00. The van der Waals surface area contributed by atoms with Crippen molar-refractivity contribution in [3.05, 3.63) is 59.2 Å². The summed E-state index contributed by atoms with van der Waals surface area (Å²) in [6, 6.07) is 14.8. The van der Waals surface area contributed by atoms with Crippen molar-refractivity contribution < 1.29 is 4.79 Å². The van der Waals surface area contributed by atoms with Gasteiger partial charge in [0.15, 0.2) is 0 Å². The second kappa shape index (κ2) is 6.06. The average molecular weight is 320 g/mol. The number of nitrogens with zero attached hydrogens (tertiary/aromatic N) is 1. The van der Waals surface area contributed by atoms with Crippen molar-refractivity contribution in [2.24, 2.45) is 11.7 Å². The van der Waals surface area contributed by atoms with E-state index in [4.69, 9.17) is 5.73 Å². The van der Waals surface area contributed by atoms with Gasteiger partial charge >= 0.3 is 0 Å². The molecule has 24 heavy (non-hydrogen) atoms. The molecule has 3 nitrogen and oxygen atoms in total. The Morgan fingerprint density at radius 3 is 2.79 bits per heavy atom. The maximum Gasteiger partial charge on any atom is 0.254 e. The molecule has 2 aliphatic rings. The number of amides is 1. The molecule has 2 atom stereocenters. The third-order valence-electron chi connectivity index (χ3n) is 5.55. The van der Waals surface area contributed by atoms with Crippen LogP contribution in [0.15, 0.2) is 42.5 Å². The van der Waals surface area contributed by atoms with E-state index in [0.717, 1.165) is 31.4 Å². The molecular weight excluding hydrogens is 296 g/mol. The van der Waals surface area contributed by atoms with Gasteiger partial charge < -0.3 is 10.6 Å². The molecule has 2 aromatic carbocycles. The predicted molar refractivity (Wildman–Crippen MR) is 97.0 cm³/mol. The molecule has 0 aromatic heterocycles. The van der Waals surface area contributed by atoms with Crippen LogP contribution in [-0.4, -0.2) is 29.9 Å². The van der Waals surface area contributed by atoms with Gasteiger partial charge in [0.2, 0.25) is 0 Å². The number of rotatable bonds is 2. The summed E-state index contributed by atoms with van der Waals surface area (Å²) < 4.78 is 0. The Kier molecular flexibility index (Phi) is 3.89. The second-order valence-electron chi connectivity index (χ2n) is 7.22. The maximum absolute atomic E-state index is 13.0. The van der Waals surface area contributed by atoms with Crippen LogP contribution in [-0.2, 0) is 6.42 Å². The third-order valence-corrected chi connectivity index (χ3v) is 5.55. The first kappa shape index (κ1) is 15.4. The Hall–Kier alpha value is -2.13. The van der Waals surface area contributed by atoms with Crippen molar-refractivity contribution in [2.75, 3.05) is 13.1 Å². The number of carbonyl (C=O) groups is 1. The van der Waals surface area contributed by atoms with E-state index in [0.29, 0.717) is 12.5 Å². The second-order valence-corrected chi connectivity index (χ2v) is 7.22. The minimum atomic E-state index is 0.135. The summed E-state index contributed by atoms with van der Waals surface area (Å²) in [5.74, 6) is 0.785. The molecule has 1 heterocycles. The van der Waals surface area contributed by atoms with E-state index < -0.39 is 0 Å². The fraction of sp³-hybridized carbons (Fsp3) is 0.381. The maximum atomic E-state index is 13.0. The fourth-order valence-electron chi connectivity index (χ4n) is 4.19. The molecule has 1 aliphatic carbocycles. The zero-order chi connectivity index (χ0) is 16.7. The van der Waals surface area contributed by atoms with Crippen LogP contribution in [0.2, 0.25) is 0 Å². The zero-order valence-corrected chi connectivity index (χ0v) is 14.2. The third kappa shape index (κ3) is 2.53. The Morgan fingerprint density at radius 1 is 1.17 bits per heavy atom. The SMILES string of the molecule is CC1CCN(C(=O)c2ccc3c(c2)Cc2ccccc2-3)C(CN)C1. The minimum Gasteiger partial charge on any atom is -0.334 e. The van der Waals surface area contributed by atoms with Crippen LogP contribution in [0.3, 0.4) is 0 Å². The summed E-state index contributed by atoms with van der Waals surface area (Å²) in [5.41, 5.74) is 11.9. The van der Waals surface area contributed by atoms with Gasteiger partial charge in [-0.2, -0.15) is 0 Å². The monoisotopic (exact) mass is 320 g/mol. The molecule has 0 radical (unpaired) electrons. The molecule has 0 saturated carbocycles. The molecule has 2 N–H and O–H groups in total. The molecule has 2 unspecified atom stereocenters. The molecule has 2 aromatic rings. The van der Waals surface area contributed by atoms with Crippen LogP contribution in [0.25, 0.3) is 11.1 Å². The van der Waals surface area contributed by atoms with Crippen molar-refractivity contribution in [1.29, 1.82) is 0 Å². The Bertz CT molecular complexity index is 783. The number of piperidine rings is 1. The molecule has 4 rings (SSSR count). The first-order valence-electron chi connectivity index (χ1n) is 8.89. The highest BCUT2D eigenvalue weighted by molar-refractivity contribution is 5.96. The Labute approximate surface area is 143 Å². The lowest BCUT2D eigenvalue weighted by Crippen LogP contribution is -2.49. The van der Waals surface area contributed by atoms with Crippen molar-refractivity contribution >= 4 is 5.91 Å². The van der Waals surface area contributed by atoms with E-state index in [2.05, 4.69) is 43.3 Å². The lowest BCUT2D eigenvalue weighted by Gasteiger charge is -2.38. The van der Waals surface area contributed by atoms with Gasteiger partial charge in [0.25, 0.3) is 5.91 Å². The van der Waals surface area contributed by atoms with Crippen LogP contribution < -0.4 is 5.73 Å². The molecule has 1 saturated heterocycles. The van der Waals surface area contributed by atoms with Gasteiger partial charge in [0.05, 0.1) is 0 Å². The highest BCUT2D eigenvalue weighted by atomic mass is 16.2. The normalized spacial score (nSPS) is 22.2. The lowest BCUT2D eigenvalue weighted by atomic mass is 9.91. The van der Waals surface area contributed by atoms with E-state index in [1.54, 1.807) is 0 Å². The van der Waals surface area contributed by atoms with E-state index in [-0.39, 0.29) is 11.9 Å². The van der Waals surface area contributed by atoms with Gasteiger partial charge in [-0.1, -0.05) is 37.3 Å². The van der Waals surface area contributed by atoms with Crippen molar-refractivity contribution in [3.63, 3.8) is 0 Å². The first-order valence-corrected chi connectivity index (χ1v) is 8.89. The number of fused-ring (bicyclic) bond motifs is 3. The van der Waals surface area contributed by atoms with Crippen molar-refractivity contribution in [2.45, 2.75) is 32.2 Å². The molecule has 124 valence electrons. The topological polar surface area (TPSA) is 46.3 Å². The lowest BCUT2D eigenvalue weighted by molar-refractivity contribution is 0.0573. The van der Waals surface area contributed by atoms with E-state index in [1.807, 2.05) is 11.0 Å². The number of hydrogen-bond donors (Lipinski definition) is 1. The summed E-state index contributed by atoms with van der Waals surface area (Å²) in [6.45, 7) is 3.61. The molecular formula is C21H24N2O. The van der Waals surface area contributed by atoms with Gasteiger partial charge in [-0.15, -0.1) is 0 Å². The summed E-state index contributed by atoms with van der Waals surface area (Å²) in [5, 5.41) is 0. The van der Waals surface area contributed by atoms with Crippen LogP contribution in [0.1, 0.15) is 41.3 Å². The summed E-state index contributed by atoms with van der Waals surface area (Å²) in [7, 11) is 0. The predicted octanol–water partition coefficient (Wildman–Crippen LogP) is 3.46. The van der Waals surface area contributed by atoms with Crippen LogP contribution in [0.5, 0.6) is 0 Å². The van der Waals surface area contributed by atoms with E-state index in [9.17, 15) is 4.79 Å². The van der Waals surface area contributed by atoms with Gasteiger partial charge in [-0.05, 0) is 59.6 Å². The number of likely N-dealkylation sites (tertiary alicyclic amines) is 1. The van der Waals surface area contributed by atoms with Gasteiger partial charge in [-0.3, -0.25) is 4.79 Å². The Balaban J connectivity index is 1.62. The summed E-state index contributed by atoms with van der Waals surface area (Å²) in [4.78, 5) is 15.0. The van der Waals surface area contributed by atoms with Gasteiger partial charge in [0.1, 0.15) is 0 Å². The number of hydrogen-bond acceptors (Lipinski definition) is 2. The smallest absolute Gasteiger partial charge is 0.254 e. The standard InChI is InChI=1S/C21H24N2O/c1-14-8-9-23(18(10-14)13-22)21(24)16-6-7-20-17(12-16)11-15-4-2-3-5-19(15)20/h2-7,12,14,18H,8-11,13,22H2,1H3. The quantitative estimate of drug-likeness (QED) is 0.786. The van der Waals surface area contributed by atoms with Crippen LogP contribution in [0.4, 0.5) is 0 Å². The first-order chi connectivity index (χ1) is 11.7. The van der Waals surface area contributed by atoms with Gasteiger partial charge in [0, 0.05) is 24.7 Å². The van der Waals surface area contributed by atoms with Crippen molar-refractivity contribution in [1.82, 2.24) is 4.90 Å². The highest BCUT2D eigenvalue weighted by Gasteiger charge is 2.30. The molecule has 0 bridgehead atoms. The number of benzene rings is 2. The van der Waals surface area contributed by atoms with Crippen molar-refractivity contribution in [3.8, 4) is 11.1 Å². The molecule has 1 fully saturated rings. The molecule has 1 aliphatic heterocycles. The van der Waals surface area contributed by atoms with Gasteiger partial charge in [-0.25, -0.2) is 0 Å². The largest absolute Gasteiger partial charge is 0.334 e. The number of nitrogens with two attached hydrogens (primary N) is 1. The average Bonchev–Trinajstić information content (AvgIpc) is 2.98. The fourth-order valence-corrected chi connectivity index (χ4v) is 4.19. The molecule has 0 spiro atoms. The Morgan fingerprint density at radius 2 is 1.96 bits per heavy atom. The molecule has 1 amide bonds. The summed E-state index contributed by atoms with van der Waals surface area (Å²) >= 11 is 0. The highest BCUT2D eigenvalue weighted by Crippen LogP contribution is 2.37. The van der Waals surface area contributed by atoms with E-state index >= 15 is 0 Å². The van der Waals surface area contributed by atoms with Crippen LogP contribution >= 0.6 is 0 Å². The molecule has 3 heteroatoms. The van der Waals surface area contributed by atoms with E-state index in [1.165, 1.54) is 22.3 Å². The zero-order valence-electron chi connectivity index (χ0n) is 14.2. The number of carbonyl (C=O) groups excluding carboxylic acids is 1. The minimum absolute atomic E-state index is 0.135. The van der Waals surface area contributed by atoms with Crippen LogP contribution in [0, 0.1) is 5.92 Å².